The second kappa shape index (κ2) is 8.52. The molecule has 0 radical (unpaired) electrons. The molecule has 2 heterocycles. The van der Waals surface area contributed by atoms with Gasteiger partial charge >= 0.3 is 6.55 Å². The van der Waals surface area contributed by atoms with Crippen molar-refractivity contribution in [2.45, 2.75) is 32.9 Å². The number of para-hydroxylation sites is 2. The number of piperazine rings is 1. The first-order valence-electron chi connectivity index (χ1n) is 10.3. The Morgan fingerprint density at radius 1 is 1.03 bits per heavy atom. The number of aryl methyl sites for hydroxylation is 1. The van der Waals surface area contributed by atoms with Crippen molar-refractivity contribution in [2.75, 3.05) is 26.2 Å². The van der Waals surface area contributed by atoms with Gasteiger partial charge in [-0.3, -0.25) is 14.3 Å². The molecule has 1 fully saturated rings. The Balaban J connectivity index is 1.43. The Bertz CT molecular complexity index is 1020. The molecule has 1 atom stereocenters. The minimum atomic E-state index is -2.65. The molecule has 0 spiro atoms. The van der Waals surface area contributed by atoms with Gasteiger partial charge in [0.15, 0.2) is 0 Å². The number of hydrogen-bond donors (Lipinski definition) is 0. The fourth-order valence-corrected chi connectivity index (χ4v) is 4.08. The molecule has 2 aromatic carbocycles. The predicted octanol–water partition coefficient (Wildman–Crippen LogP) is 4.19. The molecule has 158 valence electrons. The van der Waals surface area contributed by atoms with Gasteiger partial charge in [-0.1, -0.05) is 42.0 Å². The average molecular weight is 412 g/mol. The summed E-state index contributed by atoms with van der Waals surface area (Å²) in [6.07, 6.45) is 0.386. The van der Waals surface area contributed by atoms with E-state index in [1.54, 1.807) is 24.3 Å². The van der Waals surface area contributed by atoms with Crippen LogP contribution in [0, 0.1) is 6.92 Å². The van der Waals surface area contributed by atoms with Crippen LogP contribution in [0.4, 0.5) is 8.78 Å². The molecule has 0 saturated carbocycles. The van der Waals surface area contributed by atoms with Gasteiger partial charge in [-0.15, -0.1) is 0 Å². The van der Waals surface area contributed by atoms with Crippen molar-refractivity contribution in [1.82, 2.24) is 19.4 Å². The third-order valence-corrected chi connectivity index (χ3v) is 5.88. The number of carbonyl (C=O) groups excluding carboxylic acids is 1. The van der Waals surface area contributed by atoms with E-state index < -0.39 is 6.55 Å². The van der Waals surface area contributed by atoms with Crippen LogP contribution < -0.4 is 0 Å². The van der Waals surface area contributed by atoms with Crippen molar-refractivity contribution in [3.05, 3.63) is 65.5 Å². The Kier molecular flexibility index (Phi) is 5.81. The van der Waals surface area contributed by atoms with E-state index in [2.05, 4.69) is 9.88 Å². The Morgan fingerprint density at radius 2 is 1.70 bits per heavy atom. The van der Waals surface area contributed by atoms with Gasteiger partial charge in [0.05, 0.1) is 23.5 Å². The highest BCUT2D eigenvalue weighted by Crippen LogP contribution is 2.29. The number of amides is 1. The van der Waals surface area contributed by atoms with E-state index in [0.717, 1.165) is 10.1 Å². The van der Waals surface area contributed by atoms with Crippen molar-refractivity contribution < 1.29 is 13.6 Å². The number of hydrogen-bond acceptors (Lipinski definition) is 3. The van der Waals surface area contributed by atoms with Gasteiger partial charge in [0.1, 0.15) is 5.82 Å². The molecule has 1 amide bonds. The maximum absolute atomic E-state index is 13.8. The van der Waals surface area contributed by atoms with Crippen molar-refractivity contribution in [3.63, 3.8) is 0 Å². The number of aromatic nitrogens is 2. The van der Waals surface area contributed by atoms with E-state index in [1.165, 1.54) is 5.56 Å². The van der Waals surface area contributed by atoms with Crippen LogP contribution in [0.15, 0.2) is 48.5 Å². The Labute approximate surface area is 174 Å². The van der Waals surface area contributed by atoms with E-state index in [-0.39, 0.29) is 11.9 Å². The third-order valence-electron chi connectivity index (χ3n) is 5.88. The fraction of sp³-hybridized carbons (Fsp3) is 0.391. The lowest BCUT2D eigenvalue weighted by Crippen LogP contribution is -2.50. The van der Waals surface area contributed by atoms with E-state index in [1.807, 2.05) is 43.0 Å². The van der Waals surface area contributed by atoms with E-state index in [0.29, 0.717) is 49.5 Å². The molecule has 3 aromatic rings. The SMILES string of the molecule is Cc1ccc(CC(=O)N2CCN(C(C)c3nc4ccccc4n3C(F)F)CC2)cc1. The number of fused-ring (bicyclic) bond motifs is 1. The molecule has 7 heteroatoms. The highest BCUT2D eigenvalue weighted by atomic mass is 19.3. The number of imidazole rings is 1. The lowest BCUT2D eigenvalue weighted by Gasteiger charge is -2.38. The minimum absolute atomic E-state index is 0.103. The van der Waals surface area contributed by atoms with Crippen LogP contribution in [-0.2, 0) is 11.2 Å². The highest BCUT2D eigenvalue weighted by Gasteiger charge is 2.29. The van der Waals surface area contributed by atoms with Gasteiger partial charge in [-0.25, -0.2) is 4.98 Å². The Hall–Kier alpha value is -2.80. The summed E-state index contributed by atoms with van der Waals surface area (Å²) in [7, 11) is 0. The number of nitrogens with zero attached hydrogens (tertiary/aromatic N) is 4. The van der Waals surface area contributed by atoms with Gasteiger partial charge < -0.3 is 4.90 Å². The topological polar surface area (TPSA) is 41.4 Å². The molecule has 4 rings (SSSR count). The predicted molar refractivity (Wildman–Crippen MR) is 112 cm³/mol. The number of rotatable bonds is 5. The van der Waals surface area contributed by atoms with Gasteiger partial charge in [0.25, 0.3) is 0 Å². The van der Waals surface area contributed by atoms with Gasteiger partial charge in [-0.2, -0.15) is 8.78 Å². The molecule has 0 bridgehead atoms. The zero-order valence-corrected chi connectivity index (χ0v) is 17.3. The summed E-state index contributed by atoms with van der Waals surface area (Å²) in [5.74, 6) is 0.469. The molecule has 1 aliphatic heterocycles. The minimum Gasteiger partial charge on any atom is -0.340 e. The van der Waals surface area contributed by atoms with Crippen molar-refractivity contribution in [2.24, 2.45) is 0 Å². The normalized spacial score (nSPS) is 16.4. The maximum Gasteiger partial charge on any atom is 0.320 e. The molecule has 1 unspecified atom stereocenters. The van der Waals surface area contributed by atoms with Crippen molar-refractivity contribution in [3.8, 4) is 0 Å². The molecule has 5 nitrogen and oxygen atoms in total. The second-order valence-electron chi connectivity index (χ2n) is 7.86. The van der Waals surface area contributed by atoms with Crippen LogP contribution in [0.2, 0.25) is 0 Å². The third kappa shape index (κ3) is 4.07. The molecule has 1 aromatic heterocycles. The van der Waals surface area contributed by atoms with E-state index in [4.69, 9.17) is 0 Å². The molecule has 1 saturated heterocycles. The number of halogens is 2. The first kappa shape index (κ1) is 20.5. The lowest BCUT2D eigenvalue weighted by molar-refractivity contribution is -0.132. The molecular weight excluding hydrogens is 386 g/mol. The quantitative estimate of drug-likeness (QED) is 0.631. The smallest absolute Gasteiger partial charge is 0.320 e. The monoisotopic (exact) mass is 412 g/mol. The van der Waals surface area contributed by atoms with Crippen LogP contribution in [0.5, 0.6) is 0 Å². The standard InChI is InChI=1S/C23H26F2N4O/c1-16-7-9-18(10-8-16)15-21(30)28-13-11-27(12-14-28)17(2)22-26-19-5-3-4-6-20(19)29(22)23(24)25/h3-10,17,23H,11-15H2,1-2H3. The Morgan fingerprint density at radius 3 is 2.37 bits per heavy atom. The van der Waals surface area contributed by atoms with Crippen LogP contribution in [0.3, 0.4) is 0 Å². The molecular formula is C23H26F2N4O. The van der Waals surface area contributed by atoms with Crippen LogP contribution in [-0.4, -0.2) is 51.4 Å². The lowest BCUT2D eigenvalue weighted by atomic mass is 10.1. The van der Waals surface area contributed by atoms with Crippen LogP contribution in [0.25, 0.3) is 11.0 Å². The molecule has 30 heavy (non-hydrogen) atoms. The zero-order valence-electron chi connectivity index (χ0n) is 17.3. The molecule has 1 aliphatic rings. The second-order valence-corrected chi connectivity index (χ2v) is 7.86. The fourth-order valence-electron chi connectivity index (χ4n) is 4.08. The largest absolute Gasteiger partial charge is 0.340 e. The molecule has 0 aliphatic carbocycles. The van der Waals surface area contributed by atoms with Crippen LogP contribution >= 0.6 is 0 Å². The van der Waals surface area contributed by atoms with Crippen molar-refractivity contribution in [1.29, 1.82) is 0 Å². The van der Waals surface area contributed by atoms with Crippen molar-refractivity contribution >= 4 is 16.9 Å². The summed E-state index contributed by atoms with van der Waals surface area (Å²) < 4.78 is 28.6. The van der Waals surface area contributed by atoms with E-state index in [9.17, 15) is 13.6 Å². The first-order valence-corrected chi connectivity index (χ1v) is 10.3. The summed E-state index contributed by atoms with van der Waals surface area (Å²) in [6, 6.07) is 14.7. The molecule has 0 N–H and O–H groups in total. The zero-order chi connectivity index (χ0) is 21.3. The number of alkyl halides is 2. The summed E-state index contributed by atoms with van der Waals surface area (Å²) in [4.78, 5) is 21.1. The van der Waals surface area contributed by atoms with Gasteiger partial charge in [0, 0.05) is 26.2 Å². The van der Waals surface area contributed by atoms with Gasteiger partial charge in [-0.05, 0) is 31.5 Å². The first-order chi connectivity index (χ1) is 14.4. The summed E-state index contributed by atoms with van der Waals surface area (Å²) in [6.45, 7) is 3.72. The summed E-state index contributed by atoms with van der Waals surface area (Å²) in [5.41, 5.74) is 3.20. The average Bonchev–Trinajstić information content (AvgIpc) is 3.15. The maximum atomic E-state index is 13.8. The van der Waals surface area contributed by atoms with E-state index >= 15 is 0 Å². The summed E-state index contributed by atoms with van der Waals surface area (Å²) in [5, 5.41) is 0. The number of carbonyl (C=O) groups is 1. The van der Waals surface area contributed by atoms with Gasteiger partial charge in [0.2, 0.25) is 5.91 Å². The van der Waals surface area contributed by atoms with Crippen LogP contribution in [0.1, 0.15) is 36.5 Å². The summed E-state index contributed by atoms with van der Waals surface area (Å²) >= 11 is 0. The highest BCUT2D eigenvalue weighted by molar-refractivity contribution is 5.79. The number of benzene rings is 2.